The second-order valence-corrected chi connectivity index (χ2v) is 8.00. The fourth-order valence-electron chi connectivity index (χ4n) is 3.05. The van der Waals surface area contributed by atoms with Gasteiger partial charge in [0.15, 0.2) is 5.60 Å². The summed E-state index contributed by atoms with van der Waals surface area (Å²) in [7, 11) is 0. The predicted molar refractivity (Wildman–Crippen MR) is 122 cm³/mol. The maximum Gasteiger partial charge on any atom is 0.261 e. The molecule has 0 unspecified atom stereocenters. The van der Waals surface area contributed by atoms with Crippen molar-refractivity contribution in [3.05, 3.63) is 106 Å². The van der Waals surface area contributed by atoms with Crippen LogP contribution in [0, 0.1) is 0 Å². The minimum absolute atomic E-state index is 0.124. The summed E-state index contributed by atoms with van der Waals surface area (Å²) in [5.74, 6) is -0.547. The van der Waals surface area contributed by atoms with Crippen LogP contribution in [0.2, 0.25) is 10.0 Å². The molecule has 0 aliphatic carbocycles. The van der Waals surface area contributed by atoms with Crippen LogP contribution in [0.3, 0.4) is 0 Å². The van der Waals surface area contributed by atoms with E-state index in [0.717, 1.165) is 5.56 Å². The molecule has 148 valence electrons. The standard InChI is InChI=1S/C23H19Cl2NO2S/c24-19-11-12-21(25)16(13-19)14-20(29)15-26-22(27)23(28,17-7-3-1-4-8-17)18-9-5-2-6-10-18/h1-13,28H,14-15H2,(H,26,27). The van der Waals surface area contributed by atoms with Gasteiger partial charge in [0, 0.05) is 27.9 Å². The highest BCUT2D eigenvalue weighted by molar-refractivity contribution is 7.80. The van der Waals surface area contributed by atoms with Crippen molar-refractivity contribution in [2.75, 3.05) is 6.54 Å². The van der Waals surface area contributed by atoms with E-state index in [1.165, 1.54) is 0 Å². The van der Waals surface area contributed by atoms with Gasteiger partial charge in [-0.15, -0.1) is 0 Å². The second-order valence-electron chi connectivity index (χ2n) is 6.58. The van der Waals surface area contributed by atoms with Crippen molar-refractivity contribution in [3.8, 4) is 0 Å². The summed E-state index contributed by atoms with van der Waals surface area (Å²) in [6.07, 6.45) is 0.393. The van der Waals surface area contributed by atoms with E-state index < -0.39 is 11.5 Å². The van der Waals surface area contributed by atoms with Crippen molar-refractivity contribution >= 4 is 46.2 Å². The highest BCUT2D eigenvalue weighted by Crippen LogP contribution is 2.30. The minimum Gasteiger partial charge on any atom is -0.372 e. The van der Waals surface area contributed by atoms with Crippen LogP contribution in [0.15, 0.2) is 78.9 Å². The van der Waals surface area contributed by atoms with Crippen molar-refractivity contribution in [1.29, 1.82) is 0 Å². The maximum absolute atomic E-state index is 13.1. The van der Waals surface area contributed by atoms with E-state index in [4.69, 9.17) is 35.4 Å². The lowest BCUT2D eigenvalue weighted by atomic mass is 9.85. The first-order chi connectivity index (χ1) is 13.9. The zero-order chi connectivity index (χ0) is 20.9. The van der Waals surface area contributed by atoms with E-state index >= 15 is 0 Å². The monoisotopic (exact) mass is 443 g/mol. The number of benzene rings is 3. The Morgan fingerprint density at radius 1 is 0.931 bits per heavy atom. The third-order valence-electron chi connectivity index (χ3n) is 4.55. The molecule has 0 heterocycles. The molecular weight excluding hydrogens is 425 g/mol. The number of amides is 1. The molecule has 2 N–H and O–H groups in total. The fraction of sp³-hybridized carbons (Fsp3) is 0.130. The topological polar surface area (TPSA) is 49.3 Å². The SMILES string of the molecule is O=C(NCC(=S)Cc1cc(Cl)ccc1Cl)C(O)(c1ccccc1)c1ccccc1. The molecule has 0 atom stereocenters. The van der Waals surface area contributed by atoms with Crippen molar-refractivity contribution in [3.63, 3.8) is 0 Å². The smallest absolute Gasteiger partial charge is 0.261 e. The molecule has 3 aromatic carbocycles. The van der Waals surface area contributed by atoms with Crippen molar-refractivity contribution < 1.29 is 9.90 Å². The summed E-state index contributed by atoms with van der Waals surface area (Å²) in [5, 5.41) is 15.3. The molecule has 0 radical (unpaired) electrons. The third-order valence-corrected chi connectivity index (χ3v) is 5.45. The zero-order valence-corrected chi connectivity index (χ0v) is 17.8. The van der Waals surface area contributed by atoms with Gasteiger partial charge in [-0.2, -0.15) is 0 Å². The lowest BCUT2D eigenvalue weighted by Crippen LogP contribution is -2.46. The Kier molecular flexibility index (Phi) is 7.04. The van der Waals surface area contributed by atoms with E-state index in [2.05, 4.69) is 5.32 Å². The van der Waals surface area contributed by atoms with Gasteiger partial charge in [-0.1, -0.05) is 96.1 Å². The number of hydrogen-bond donors (Lipinski definition) is 2. The van der Waals surface area contributed by atoms with Crippen LogP contribution in [0.1, 0.15) is 16.7 Å². The number of nitrogens with one attached hydrogen (secondary N) is 1. The molecule has 0 bridgehead atoms. The molecule has 1 amide bonds. The van der Waals surface area contributed by atoms with E-state index in [9.17, 15) is 9.90 Å². The van der Waals surface area contributed by atoms with Crippen molar-refractivity contribution in [2.45, 2.75) is 12.0 Å². The van der Waals surface area contributed by atoms with Crippen LogP contribution in [-0.2, 0) is 16.8 Å². The average Bonchev–Trinajstić information content (AvgIpc) is 2.75. The molecule has 3 rings (SSSR count). The molecule has 3 nitrogen and oxygen atoms in total. The van der Waals surface area contributed by atoms with E-state index in [0.29, 0.717) is 32.5 Å². The summed E-state index contributed by atoms with van der Waals surface area (Å²) in [6, 6.07) is 22.8. The number of hydrogen-bond acceptors (Lipinski definition) is 3. The zero-order valence-electron chi connectivity index (χ0n) is 15.4. The molecule has 0 spiro atoms. The Morgan fingerprint density at radius 2 is 1.48 bits per heavy atom. The van der Waals surface area contributed by atoms with Crippen LogP contribution in [0.4, 0.5) is 0 Å². The molecule has 0 aromatic heterocycles. The number of carbonyl (C=O) groups is 1. The van der Waals surface area contributed by atoms with Crippen molar-refractivity contribution in [2.24, 2.45) is 0 Å². The van der Waals surface area contributed by atoms with Gasteiger partial charge in [0.05, 0.1) is 0 Å². The van der Waals surface area contributed by atoms with Gasteiger partial charge in [-0.05, 0) is 34.9 Å². The second kappa shape index (κ2) is 9.51. The summed E-state index contributed by atoms with van der Waals surface area (Å²) in [5.41, 5.74) is -0.0777. The Balaban J connectivity index is 1.77. The first-order valence-corrected chi connectivity index (χ1v) is 10.1. The molecule has 29 heavy (non-hydrogen) atoms. The molecule has 0 saturated carbocycles. The number of carbonyl (C=O) groups excluding carboxylic acids is 1. The number of thiocarbonyl (C=S) groups is 1. The highest BCUT2D eigenvalue weighted by Gasteiger charge is 2.39. The summed E-state index contributed by atoms with van der Waals surface area (Å²) in [6.45, 7) is 0.124. The Labute approximate surface area is 185 Å². The molecule has 0 aliphatic rings. The molecule has 6 heteroatoms. The molecule has 3 aromatic rings. The Hall–Kier alpha value is -2.24. The first kappa shape index (κ1) is 21.5. The molecule has 0 aliphatic heterocycles. The highest BCUT2D eigenvalue weighted by atomic mass is 35.5. The third kappa shape index (κ3) is 5.03. The van der Waals surface area contributed by atoms with Gasteiger partial charge in [0.1, 0.15) is 0 Å². The number of aliphatic hydroxyl groups is 1. The summed E-state index contributed by atoms with van der Waals surface area (Å²) in [4.78, 5) is 13.7. The van der Waals surface area contributed by atoms with Gasteiger partial charge in [0.2, 0.25) is 0 Å². The predicted octanol–water partition coefficient (Wildman–Crippen LogP) is 4.96. The Bertz CT molecular complexity index is 970. The van der Waals surface area contributed by atoms with Crippen LogP contribution in [0.25, 0.3) is 0 Å². The molecule has 0 saturated heterocycles. The van der Waals surface area contributed by atoms with Crippen LogP contribution in [-0.4, -0.2) is 22.4 Å². The van der Waals surface area contributed by atoms with Crippen LogP contribution in [0.5, 0.6) is 0 Å². The Morgan fingerprint density at radius 3 is 2.03 bits per heavy atom. The number of rotatable bonds is 7. The minimum atomic E-state index is -1.83. The lowest BCUT2D eigenvalue weighted by Gasteiger charge is -2.28. The van der Waals surface area contributed by atoms with Crippen LogP contribution >= 0.6 is 35.4 Å². The van der Waals surface area contributed by atoms with Gasteiger partial charge in [-0.25, -0.2) is 0 Å². The lowest BCUT2D eigenvalue weighted by molar-refractivity contribution is -0.136. The average molecular weight is 444 g/mol. The normalized spacial score (nSPS) is 11.1. The maximum atomic E-state index is 13.1. The van der Waals surface area contributed by atoms with Crippen LogP contribution < -0.4 is 5.32 Å². The summed E-state index contributed by atoms with van der Waals surface area (Å²) < 4.78 is 0. The van der Waals surface area contributed by atoms with E-state index in [-0.39, 0.29) is 6.54 Å². The van der Waals surface area contributed by atoms with E-state index in [1.807, 2.05) is 12.1 Å². The molecule has 0 fully saturated rings. The first-order valence-electron chi connectivity index (χ1n) is 8.98. The van der Waals surface area contributed by atoms with Crippen molar-refractivity contribution in [1.82, 2.24) is 5.32 Å². The summed E-state index contributed by atoms with van der Waals surface area (Å²) >= 11 is 17.6. The fourth-order valence-corrected chi connectivity index (χ4v) is 3.65. The van der Waals surface area contributed by atoms with E-state index in [1.54, 1.807) is 66.7 Å². The largest absolute Gasteiger partial charge is 0.372 e. The van der Waals surface area contributed by atoms with Gasteiger partial charge in [0.25, 0.3) is 5.91 Å². The van der Waals surface area contributed by atoms with Gasteiger partial charge in [-0.3, -0.25) is 4.79 Å². The quantitative estimate of drug-likeness (QED) is 0.507. The molecular formula is C23H19Cl2NO2S. The van der Waals surface area contributed by atoms with Gasteiger partial charge >= 0.3 is 0 Å². The van der Waals surface area contributed by atoms with Gasteiger partial charge < -0.3 is 10.4 Å². The number of halogens is 2.